The van der Waals surface area contributed by atoms with Gasteiger partial charge in [-0.15, -0.1) is 11.3 Å². The van der Waals surface area contributed by atoms with Gasteiger partial charge in [0, 0.05) is 46.7 Å². The van der Waals surface area contributed by atoms with Gasteiger partial charge in [0.15, 0.2) is 0 Å². The summed E-state index contributed by atoms with van der Waals surface area (Å²) in [5.41, 5.74) is 7.51. The largest absolute Gasteiger partial charge is 0.382 e. The van der Waals surface area contributed by atoms with Crippen LogP contribution in [0.2, 0.25) is 10.0 Å². The Bertz CT molecular complexity index is 1270. The van der Waals surface area contributed by atoms with E-state index in [1.54, 1.807) is 18.2 Å². The summed E-state index contributed by atoms with van der Waals surface area (Å²) in [5.74, 6) is -0.527. The Balaban J connectivity index is 1.45. The molecule has 1 saturated heterocycles. The summed E-state index contributed by atoms with van der Waals surface area (Å²) < 4.78 is 28.2. The van der Waals surface area contributed by atoms with Gasteiger partial charge in [0.1, 0.15) is 4.21 Å². The van der Waals surface area contributed by atoms with Gasteiger partial charge in [-0.2, -0.15) is 4.31 Å². The molecule has 174 valence electrons. The van der Waals surface area contributed by atoms with Crippen molar-refractivity contribution in [1.82, 2.24) is 4.31 Å². The Morgan fingerprint density at radius 3 is 2.52 bits per heavy atom. The molecule has 6 nitrogen and oxygen atoms in total. The molecule has 2 aromatic carbocycles. The molecule has 4 rings (SSSR count). The van der Waals surface area contributed by atoms with E-state index in [0.717, 1.165) is 17.0 Å². The fourth-order valence-electron chi connectivity index (χ4n) is 3.90. The van der Waals surface area contributed by atoms with Crippen LogP contribution in [0.5, 0.6) is 0 Å². The highest BCUT2D eigenvalue weighted by atomic mass is 35.5. The Kier molecular flexibility index (Phi) is 7.31. The molecular formula is C23H23Cl2N3O3S2. The Hall–Kier alpha value is -2.10. The van der Waals surface area contributed by atoms with Crippen molar-refractivity contribution in [1.29, 1.82) is 0 Å². The Morgan fingerprint density at radius 1 is 1.09 bits per heavy atom. The van der Waals surface area contributed by atoms with Crippen molar-refractivity contribution in [2.45, 2.75) is 29.5 Å². The summed E-state index contributed by atoms with van der Waals surface area (Å²) in [5, 5.41) is 4.45. The van der Waals surface area contributed by atoms with Crippen LogP contribution in [0.25, 0.3) is 0 Å². The first-order valence-electron chi connectivity index (χ1n) is 10.4. The summed E-state index contributed by atoms with van der Waals surface area (Å²) >= 11 is 13.6. The molecule has 10 heteroatoms. The number of halogens is 2. The number of piperidine rings is 1. The van der Waals surface area contributed by atoms with Crippen molar-refractivity contribution >= 4 is 56.2 Å². The van der Waals surface area contributed by atoms with Gasteiger partial charge in [0.25, 0.3) is 10.0 Å². The quantitative estimate of drug-likeness (QED) is 0.455. The molecule has 2 heterocycles. The van der Waals surface area contributed by atoms with E-state index in [1.807, 2.05) is 30.3 Å². The third kappa shape index (κ3) is 5.53. The van der Waals surface area contributed by atoms with Gasteiger partial charge in [0.05, 0.1) is 5.02 Å². The van der Waals surface area contributed by atoms with Crippen molar-refractivity contribution < 1.29 is 13.2 Å². The molecule has 33 heavy (non-hydrogen) atoms. The van der Waals surface area contributed by atoms with Crippen LogP contribution in [0, 0.1) is 0 Å². The number of amides is 1. The first-order chi connectivity index (χ1) is 15.7. The van der Waals surface area contributed by atoms with E-state index in [0.29, 0.717) is 58.4 Å². The zero-order valence-electron chi connectivity index (χ0n) is 17.6. The number of thiophene rings is 1. The van der Waals surface area contributed by atoms with E-state index >= 15 is 0 Å². The molecular weight excluding hydrogens is 501 g/mol. The van der Waals surface area contributed by atoms with Crippen molar-refractivity contribution in [3.05, 3.63) is 80.6 Å². The molecule has 0 bridgehead atoms. The first-order valence-corrected chi connectivity index (χ1v) is 13.4. The normalized spacial score (nSPS) is 15.5. The molecule has 1 aliphatic heterocycles. The lowest BCUT2D eigenvalue weighted by atomic mass is 10.0. The number of carbonyl (C=O) groups excluding carboxylic acids is 1. The second-order valence-corrected chi connectivity index (χ2v) is 12.0. The molecule has 0 radical (unpaired) electrons. The van der Waals surface area contributed by atoms with E-state index in [2.05, 4.69) is 5.32 Å². The lowest BCUT2D eigenvalue weighted by Gasteiger charge is -2.31. The van der Waals surface area contributed by atoms with Crippen LogP contribution in [-0.2, 0) is 16.4 Å². The zero-order valence-corrected chi connectivity index (χ0v) is 20.8. The minimum Gasteiger partial charge on any atom is -0.382 e. The number of rotatable bonds is 7. The Morgan fingerprint density at radius 2 is 1.82 bits per heavy atom. The lowest BCUT2D eigenvalue weighted by Crippen LogP contribution is -2.42. The number of hydrogen-bond donors (Lipinski definition) is 2. The average Bonchev–Trinajstić information content (AvgIpc) is 3.15. The molecule has 0 spiro atoms. The predicted octanol–water partition coefficient (Wildman–Crippen LogP) is 5.01. The topological polar surface area (TPSA) is 92.5 Å². The number of carbonyl (C=O) groups is 1. The SMILES string of the molecule is NC(=O)c1ccccc1Cc1sc(S(=O)(=O)N2CCC(Nc3cccc(Cl)c3)CC2)cc1Cl. The molecule has 0 aliphatic carbocycles. The smallest absolute Gasteiger partial charge is 0.252 e. The van der Waals surface area contributed by atoms with Gasteiger partial charge >= 0.3 is 0 Å². The van der Waals surface area contributed by atoms with Crippen LogP contribution in [0.3, 0.4) is 0 Å². The second kappa shape index (κ2) is 10.0. The fraction of sp³-hybridized carbons (Fsp3) is 0.261. The van der Waals surface area contributed by atoms with Crippen molar-refractivity contribution in [3.63, 3.8) is 0 Å². The number of nitrogens with one attached hydrogen (secondary N) is 1. The predicted molar refractivity (Wildman–Crippen MR) is 134 cm³/mol. The van der Waals surface area contributed by atoms with Crippen LogP contribution in [0.1, 0.15) is 33.6 Å². The van der Waals surface area contributed by atoms with E-state index < -0.39 is 15.9 Å². The van der Waals surface area contributed by atoms with Crippen LogP contribution >= 0.6 is 34.5 Å². The van der Waals surface area contributed by atoms with E-state index in [4.69, 9.17) is 28.9 Å². The second-order valence-electron chi connectivity index (χ2n) is 7.87. The Labute approximate surface area is 207 Å². The number of hydrogen-bond acceptors (Lipinski definition) is 5. The van der Waals surface area contributed by atoms with E-state index in [-0.39, 0.29) is 10.3 Å². The molecule has 0 atom stereocenters. The maximum atomic E-state index is 13.3. The minimum absolute atomic E-state index is 0.169. The van der Waals surface area contributed by atoms with Gasteiger partial charge in [-0.3, -0.25) is 4.79 Å². The maximum Gasteiger partial charge on any atom is 0.252 e. The van der Waals surface area contributed by atoms with E-state index in [9.17, 15) is 13.2 Å². The highest BCUT2D eigenvalue weighted by molar-refractivity contribution is 7.91. The third-order valence-electron chi connectivity index (χ3n) is 5.61. The van der Waals surface area contributed by atoms with Gasteiger partial charge in [-0.05, 0) is 48.7 Å². The number of primary amides is 1. The molecule has 0 saturated carbocycles. The highest BCUT2D eigenvalue weighted by Gasteiger charge is 2.31. The molecule has 3 N–H and O–H groups in total. The minimum atomic E-state index is -3.66. The van der Waals surface area contributed by atoms with Gasteiger partial charge in [0.2, 0.25) is 5.91 Å². The van der Waals surface area contributed by atoms with Crippen LogP contribution in [-0.4, -0.2) is 37.8 Å². The monoisotopic (exact) mass is 523 g/mol. The zero-order chi connectivity index (χ0) is 23.6. The van der Waals surface area contributed by atoms with Crippen LogP contribution in [0.15, 0.2) is 58.8 Å². The van der Waals surface area contributed by atoms with Gasteiger partial charge in [-0.1, -0.05) is 47.5 Å². The number of anilines is 1. The number of benzene rings is 2. The van der Waals surface area contributed by atoms with Crippen molar-refractivity contribution in [3.8, 4) is 0 Å². The summed E-state index contributed by atoms with van der Waals surface area (Å²) in [6.07, 6.45) is 1.71. The van der Waals surface area contributed by atoms with Crippen molar-refractivity contribution in [2.75, 3.05) is 18.4 Å². The van der Waals surface area contributed by atoms with Gasteiger partial charge < -0.3 is 11.1 Å². The third-order valence-corrected chi connectivity index (χ3v) is 9.78. The van der Waals surface area contributed by atoms with Crippen molar-refractivity contribution in [2.24, 2.45) is 5.73 Å². The summed E-state index contributed by atoms with van der Waals surface area (Å²) in [6, 6.07) is 16.2. The molecule has 1 fully saturated rings. The summed E-state index contributed by atoms with van der Waals surface area (Å²) in [4.78, 5) is 12.4. The first kappa shape index (κ1) is 24.0. The number of sulfonamides is 1. The summed E-state index contributed by atoms with van der Waals surface area (Å²) in [6.45, 7) is 0.825. The van der Waals surface area contributed by atoms with Crippen LogP contribution < -0.4 is 11.1 Å². The average molecular weight is 524 g/mol. The highest BCUT2D eigenvalue weighted by Crippen LogP contribution is 2.35. The molecule has 1 aliphatic rings. The standard InChI is InChI=1S/C23H23Cl2N3O3S2/c24-16-5-3-6-18(13-16)27-17-8-10-28(11-9-17)33(30,31)22-14-20(25)21(32-22)12-15-4-1-2-7-19(15)23(26)29/h1-7,13-14,17,27H,8-12H2,(H2,26,29). The van der Waals surface area contributed by atoms with Crippen LogP contribution in [0.4, 0.5) is 5.69 Å². The summed E-state index contributed by atoms with van der Waals surface area (Å²) in [7, 11) is -3.66. The number of nitrogens with two attached hydrogens (primary N) is 1. The molecule has 1 amide bonds. The maximum absolute atomic E-state index is 13.3. The fourth-order valence-corrected chi connectivity index (χ4v) is 7.57. The van der Waals surface area contributed by atoms with Gasteiger partial charge in [-0.25, -0.2) is 8.42 Å². The molecule has 3 aromatic rings. The van der Waals surface area contributed by atoms with E-state index in [1.165, 1.54) is 10.4 Å². The molecule has 1 aromatic heterocycles. The molecule has 0 unspecified atom stereocenters. The number of nitrogens with zero attached hydrogens (tertiary/aromatic N) is 1. The lowest BCUT2D eigenvalue weighted by molar-refractivity contribution is 0.0999.